The van der Waals surface area contributed by atoms with E-state index < -0.39 is 0 Å². The lowest BCUT2D eigenvalue weighted by atomic mass is 10.1. The standard InChI is InChI=1S/C14H15ClN2/c1-10(11-4-2-5-12(15)8-11)17-14-7-3-6-13(16)9-14/h2-10,17H,16H2,1H3. The zero-order valence-corrected chi connectivity index (χ0v) is 10.4. The number of nitrogens with two attached hydrogens (primary N) is 1. The molecule has 0 aliphatic heterocycles. The van der Waals surface area contributed by atoms with Crippen molar-refractivity contribution in [1.29, 1.82) is 0 Å². The van der Waals surface area contributed by atoms with Crippen LogP contribution in [0.2, 0.25) is 5.02 Å². The van der Waals surface area contributed by atoms with Crippen molar-refractivity contribution >= 4 is 23.0 Å². The summed E-state index contributed by atoms with van der Waals surface area (Å²) in [6.07, 6.45) is 0. The maximum atomic E-state index is 5.97. The van der Waals surface area contributed by atoms with E-state index in [4.69, 9.17) is 17.3 Å². The molecule has 0 aliphatic carbocycles. The van der Waals surface area contributed by atoms with Crippen molar-refractivity contribution < 1.29 is 0 Å². The Bertz CT molecular complexity index is 511. The van der Waals surface area contributed by atoms with Crippen molar-refractivity contribution in [2.24, 2.45) is 0 Å². The molecular weight excluding hydrogens is 232 g/mol. The maximum absolute atomic E-state index is 5.97. The lowest BCUT2D eigenvalue weighted by molar-refractivity contribution is 0.885. The van der Waals surface area contributed by atoms with Crippen LogP contribution >= 0.6 is 11.6 Å². The maximum Gasteiger partial charge on any atom is 0.0486 e. The largest absolute Gasteiger partial charge is 0.399 e. The van der Waals surface area contributed by atoms with Gasteiger partial charge in [0.05, 0.1) is 0 Å². The summed E-state index contributed by atoms with van der Waals surface area (Å²) in [6.45, 7) is 2.09. The number of hydrogen-bond acceptors (Lipinski definition) is 2. The Labute approximate surface area is 106 Å². The number of halogens is 1. The second-order valence-electron chi connectivity index (χ2n) is 4.05. The molecule has 0 heterocycles. The van der Waals surface area contributed by atoms with E-state index >= 15 is 0 Å². The van der Waals surface area contributed by atoms with E-state index in [2.05, 4.69) is 18.3 Å². The van der Waals surface area contributed by atoms with Crippen LogP contribution < -0.4 is 11.1 Å². The summed E-state index contributed by atoms with van der Waals surface area (Å²) >= 11 is 5.97. The number of anilines is 2. The monoisotopic (exact) mass is 246 g/mol. The average Bonchev–Trinajstić information content (AvgIpc) is 2.29. The first-order valence-electron chi connectivity index (χ1n) is 5.53. The summed E-state index contributed by atoms with van der Waals surface area (Å²) in [4.78, 5) is 0. The quantitative estimate of drug-likeness (QED) is 0.801. The van der Waals surface area contributed by atoms with E-state index in [-0.39, 0.29) is 6.04 Å². The topological polar surface area (TPSA) is 38.0 Å². The van der Waals surface area contributed by atoms with Gasteiger partial charge in [-0.05, 0) is 42.8 Å². The molecule has 0 aromatic heterocycles. The third-order valence-electron chi connectivity index (χ3n) is 2.62. The molecule has 0 aliphatic rings. The lowest BCUT2D eigenvalue weighted by Crippen LogP contribution is -2.06. The van der Waals surface area contributed by atoms with Crippen molar-refractivity contribution in [2.75, 3.05) is 11.1 Å². The van der Waals surface area contributed by atoms with Crippen LogP contribution in [0.3, 0.4) is 0 Å². The highest BCUT2D eigenvalue weighted by Crippen LogP contribution is 2.22. The van der Waals surface area contributed by atoms with Crippen LogP contribution in [0.15, 0.2) is 48.5 Å². The first kappa shape index (κ1) is 11.8. The van der Waals surface area contributed by atoms with E-state index in [9.17, 15) is 0 Å². The summed E-state index contributed by atoms with van der Waals surface area (Å²) in [6, 6.07) is 15.8. The molecule has 88 valence electrons. The number of nitrogen functional groups attached to an aromatic ring is 1. The highest BCUT2D eigenvalue weighted by Gasteiger charge is 2.05. The van der Waals surface area contributed by atoms with Crippen LogP contribution in [-0.4, -0.2) is 0 Å². The van der Waals surface area contributed by atoms with E-state index in [0.717, 1.165) is 22.0 Å². The SMILES string of the molecule is CC(Nc1cccc(N)c1)c1cccc(Cl)c1. The van der Waals surface area contributed by atoms with E-state index in [1.165, 1.54) is 0 Å². The Kier molecular flexibility index (Phi) is 3.55. The van der Waals surface area contributed by atoms with Crippen LogP contribution in [0.25, 0.3) is 0 Å². The normalized spacial score (nSPS) is 12.1. The van der Waals surface area contributed by atoms with Gasteiger partial charge in [0.15, 0.2) is 0 Å². The molecule has 0 spiro atoms. The Hall–Kier alpha value is -1.67. The fourth-order valence-electron chi connectivity index (χ4n) is 1.74. The van der Waals surface area contributed by atoms with E-state index in [1.807, 2.05) is 42.5 Å². The van der Waals surface area contributed by atoms with Crippen LogP contribution in [-0.2, 0) is 0 Å². The Morgan fingerprint density at radius 2 is 1.88 bits per heavy atom. The van der Waals surface area contributed by atoms with Gasteiger partial charge < -0.3 is 11.1 Å². The molecule has 2 aromatic rings. The zero-order valence-electron chi connectivity index (χ0n) is 9.65. The van der Waals surface area contributed by atoms with Crippen molar-refractivity contribution in [3.05, 3.63) is 59.1 Å². The molecule has 0 bridgehead atoms. The van der Waals surface area contributed by atoms with Crippen LogP contribution in [0.1, 0.15) is 18.5 Å². The van der Waals surface area contributed by atoms with Crippen molar-refractivity contribution in [2.45, 2.75) is 13.0 Å². The Morgan fingerprint density at radius 1 is 1.12 bits per heavy atom. The number of benzene rings is 2. The van der Waals surface area contributed by atoms with Crippen molar-refractivity contribution in [3.63, 3.8) is 0 Å². The van der Waals surface area contributed by atoms with Gasteiger partial charge in [0, 0.05) is 22.4 Å². The first-order valence-corrected chi connectivity index (χ1v) is 5.90. The molecule has 0 saturated heterocycles. The summed E-state index contributed by atoms with van der Waals surface area (Å²) in [7, 11) is 0. The molecule has 1 unspecified atom stereocenters. The predicted molar refractivity (Wildman–Crippen MR) is 74.3 cm³/mol. The van der Waals surface area contributed by atoms with E-state index in [1.54, 1.807) is 0 Å². The molecule has 2 rings (SSSR count). The van der Waals surface area contributed by atoms with Gasteiger partial charge in [0.25, 0.3) is 0 Å². The minimum absolute atomic E-state index is 0.190. The lowest BCUT2D eigenvalue weighted by Gasteiger charge is -2.16. The zero-order chi connectivity index (χ0) is 12.3. The molecule has 0 saturated carbocycles. The molecule has 2 nitrogen and oxygen atoms in total. The molecule has 0 fully saturated rings. The Balaban J connectivity index is 2.14. The van der Waals surface area contributed by atoms with Gasteiger partial charge in [-0.1, -0.05) is 29.8 Å². The smallest absolute Gasteiger partial charge is 0.0486 e. The molecular formula is C14H15ClN2. The van der Waals surface area contributed by atoms with Crippen LogP contribution in [0.5, 0.6) is 0 Å². The van der Waals surface area contributed by atoms with Gasteiger partial charge in [-0.3, -0.25) is 0 Å². The van der Waals surface area contributed by atoms with Gasteiger partial charge in [-0.15, -0.1) is 0 Å². The third kappa shape index (κ3) is 3.14. The molecule has 3 N–H and O–H groups in total. The molecule has 0 radical (unpaired) electrons. The molecule has 17 heavy (non-hydrogen) atoms. The second kappa shape index (κ2) is 5.11. The van der Waals surface area contributed by atoms with Gasteiger partial charge in [0.1, 0.15) is 0 Å². The Morgan fingerprint density at radius 3 is 2.59 bits per heavy atom. The van der Waals surface area contributed by atoms with Gasteiger partial charge >= 0.3 is 0 Å². The molecule has 0 amide bonds. The third-order valence-corrected chi connectivity index (χ3v) is 2.85. The van der Waals surface area contributed by atoms with Gasteiger partial charge in [-0.2, -0.15) is 0 Å². The van der Waals surface area contributed by atoms with Crippen molar-refractivity contribution in [3.8, 4) is 0 Å². The summed E-state index contributed by atoms with van der Waals surface area (Å²) < 4.78 is 0. The predicted octanol–water partition coefficient (Wildman–Crippen LogP) is 4.10. The van der Waals surface area contributed by atoms with Crippen LogP contribution in [0, 0.1) is 0 Å². The molecule has 1 atom stereocenters. The first-order chi connectivity index (χ1) is 8.15. The highest BCUT2D eigenvalue weighted by molar-refractivity contribution is 6.30. The number of rotatable bonds is 3. The molecule has 2 aromatic carbocycles. The number of hydrogen-bond donors (Lipinski definition) is 2. The second-order valence-corrected chi connectivity index (χ2v) is 4.48. The minimum atomic E-state index is 0.190. The summed E-state index contributed by atoms with van der Waals surface area (Å²) in [5.74, 6) is 0. The summed E-state index contributed by atoms with van der Waals surface area (Å²) in [5, 5.41) is 4.14. The van der Waals surface area contributed by atoms with Crippen molar-refractivity contribution in [1.82, 2.24) is 0 Å². The average molecular weight is 247 g/mol. The van der Waals surface area contributed by atoms with E-state index in [0.29, 0.717) is 0 Å². The minimum Gasteiger partial charge on any atom is -0.399 e. The van der Waals surface area contributed by atoms with Gasteiger partial charge in [-0.25, -0.2) is 0 Å². The highest BCUT2D eigenvalue weighted by atomic mass is 35.5. The summed E-state index contributed by atoms with van der Waals surface area (Å²) in [5.41, 5.74) is 8.66. The van der Waals surface area contributed by atoms with Crippen LogP contribution in [0.4, 0.5) is 11.4 Å². The fourth-order valence-corrected chi connectivity index (χ4v) is 1.94. The fraction of sp³-hybridized carbons (Fsp3) is 0.143. The number of nitrogens with one attached hydrogen (secondary N) is 1. The molecule has 3 heteroatoms. The van der Waals surface area contributed by atoms with Gasteiger partial charge in [0.2, 0.25) is 0 Å².